The van der Waals surface area contributed by atoms with Crippen molar-refractivity contribution in [2.75, 3.05) is 30.1 Å². The number of nitro benzene ring substituents is 1. The van der Waals surface area contributed by atoms with E-state index in [2.05, 4.69) is 5.32 Å². The smallest absolute Gasteiger partial charge is 0.339 e. The number of nitro groups is 1. The molecule has 0 aromatic heterocycles. The summed E-state index contributed by atoms with van der Waals surface area (Å²) in [6.07, 6.45) is 1.92. The van der Waals surface area contributed by atoms with E-state index in [9.17, 15) is 19.7 Å². The highest BCUT2D eigenvalue weighted by molar-refractivity contribution is 5.98. The molecule has 0 saturated carbocycles. The monoisotopic (exact) mass is 441 g/mol. The molecule has 1 amide bonds. The largest absolute Gasteiger partial charge is 0.454 e. The van der Waals surface area contributed by atoms with E-state index in [1.165, 1.54) is 19.1 Å². The minimum absolute atomic E-state index is 0.0141. The van der Waals surface area contributed by atoms with E-state index in [-0.39, 0.29) is 18.0 Å². The summed E-state index contributed by atoms with van der Waals surface area (Å²) in [5.74, 6) is -0.270. The van der Waals surface area contributed by atoms with Gasteiger partial charge < -0.3 is 24.4 Å². The summed E-state index contributed by atoms with van der Waals surface area (Å²) < 4.78 is 15.7. The molecule has 10 nitrogen and oxygen atoms in total. The predicted molar refractivity (Wildman–Crippen MR) is 115 cm³/mol. The van der Waals surface area contributed by atoms with Gasteiger partial charge in [0.15, 0.2) is 17.6 Å². The van der Waals surface area contributed by atoms with Crippen molar-refractivity contribution in [1.29, 1.82) is 0 Å². The molecule has 2 aromatic rings. The number of nitrogens with zero attached hydrogens (tertiary/aromatic N) is 2. The molecule has 0 spiro atoms. The first-order chi connectivity index (χ1) is 15.4. The van der Waals surface area contributed by atoms with E-state index >= 15 is 0 Å². The zero-order valence-electron chi connectivity index (χ0n) is 17.5. The Bertz CT molecular complexity index is 1050. The number of benzene rings is 2. The number of amides is 1. The molecule has 2 aromatic carbocycles. The van der Waals surface area contributed by atoms with Crippen LogP contribution in [0.25, 0.3) is 0 Å². The number of nitrogens with one attached hydrogen (secondary N) is 1. The fraction of sp³-hybridized carbons (Fsp3) is 0.364. The van der Waals surface area contributed by atoms with Gasteiger partial charge in [-0.2, -0.15) is 0 Å². The van der Waals surface area contributed by atoms with Gasteiger partial charge in [0.2, 0.25) is 6.79 Å². The van der Waals surface area contributed by atoms with Crippen LogP contribution < -0.4 is 19.7 Å². The first-order valence-electron chi connectivity index (χ1n) is 10.4. The van der Waals surface area contributed by atoms with E-state index in [1.54, 1.807) is 24.3 Å². The van der Waals surface area contributed by atoms with Gasteiger partial charge in [-0.3, -0.25) is 14.9 Å². The van der Waals surface area contributed by atoms with Crippen molar-refractivity contribution in [1.82, 2.24) is 0 Å². The zero-order valence-corrected chi connectivity index (χ0v) is 17.5. The molecule has 2 aliphatic rings. The molecule has 32 heavy (non-hydrogen) atoms. The minimum Gasteiger partial charge on any atom is -0.454 e. The SMILES string of the molecule is CC(OC(=O)c1ccc(N2CCCCC2)c([N+](=O)[O-])c1)C(=O)Nc1ccc2c(c1)OCO2. The number of carbonyl (C=O) groups excluding carboxylic acids is 2. The minimum atomic E-state index is -1.12. The number of fused-ring (bicyclic) bond motifs is 1. The second kappa shape index (κ2) is 9.13. The Hall–Kier alpha value is -3.82. The summed E-state index contributed by atoms with van der Waals surface area (Å²) >= 11 is 0. The average molecular weight is 441 g/mol. The quantitative estimate of drug-likeness (QED) is 0.411. The summed E-state index contributed by atoms with van der Waals surface area (Å²) in [6, 6.07) is 9.17. The Morgan fingerprint density at radius 1 is 1.09 bits per heavy atom. The van der Waals surface area contributed by atoms with Crippen LogP contribution in [-0.4, -0.2) is 42.8 Å². The Balaban J connectivity index is 1.42. The fourth-order valence-electron chi connectivity index (χ4n) is 3.70. The average Bonchev–Trinajstić information content (AvgIpc) is 3.27. The third-order valence-corrected chi connectivity index (χ3v) is 5.40. The third-order valence-electron chi connectivity index (χ3n) is 5.40. The molecule has 2 heterocycles. The van der Waals surface area contributed by atoms with E-state index in [0.29, 0.717) is 22.9 Å². The lowest BCUT2D eigenvalue weighted by molar-refractivity contribution is -0.384. The van der Waals surface area contributed by atoms with Crippen molar-refractivity contribution >= 4 is 28.9 Å². The third kappa shape index (κ3) is 4.58. The van der Waals surface area contributed by atoms with E-state index in [0.717, 1.165) is 32.4 Å². The van der Waals surface area contributed by atoms with Crippen LogP contribution >= 0.6 is 0 Å². The second-order valence-electron chi connectivity index (χ2n) is 7.61. The summed E-state index contributed by atoms with van der Waals surface area (Å²) in [5, 5.41) is 14.2. The molecule has 1 N–H and O–H groups in total. The van der Waals surface area contributed by atoms with Gasteiger partial charge >= 0.3 is 5.97 Å². The van der Waals surface area contributed by atoms with Crippen LogP contribution in [0.1, 0.15) is 36.5 Å². The summed E-state index contributed by atoms with van der Waals surface area (Å²) in [5.41, 5.74) is 0.808. The Kier molecular flexibility index (Phi) is 6.11. The van der Waals surface area contributed by atoms with Gasteiger partial charge in [0.1, 0.15) is 5.69 Å². The van der Waals surface area contributed by atoms with Gasteiger partial charge in [0.05, 0.1) is 10.5 Å². The zero-order chi connectivity index (χ0) is 22.7. The van der Waals surface area contributed by atoms with Gasteiger partial charge in [0, 0.05) is 30.9 Å². The van der Waals surface area contributed by atoms with E-state index < -0.39 is 22.9 Å². The number of rotatable bonds is 6. The van der Waals surface area contributed by atoms with Crippen LogP contribution in [0.15, 0.2) is 36.4 Å². The standard InChI is InChI=1S/C22H23N3O7/c1-14(21(26)23-16-6-8-19-20(12-16)31-13-30-19)32-22(27)15-5-7-17(18(11-15)25(28)29)24-9-3-2-4-10-24/h5-8,11-12,14H,2-4,9-10,13H2,1H3,(H,23,26). The summed E-state index contributed by atoms with van der Waals surface area (Å²) in [6.45, 7) is 3.02. The molecular formula is C22H23N3O7. The lowest BCUT2D eigenvalue weighted by atomic mass is 10.1. The molecule has 4 rings (SSSR count). The fourth-order valence-corrected chi connectivity index (χ4v) is 3.70. The lowest BCUT2D eigenvalue weighted by Gasteiger charge is -2.28. The molecule has 10 heteroatoms. The molecule has 0 radical (unpaired) electrons. The maximum absolute atomic E-state index is 12.6. The van der Waals surface area contributed by atoms with Crippen LogP contribution in [0, 0.1) is 10.1 Å². The number of carbonyl (C=O) groups is 2. The highest BCUT2D eigenvalue weighted by Gasteiger charge is 2.25. The first-order valence-corrected chi connectivity index (χ1v) is 10.4. The number of anilines is 2. The molecule has 168 valence electrons. The van der Waals surface area contributed by atoms with Crippen molar-refractivity contribution in [2.45, 2.75) is 32.3 Å². The van der Waals surface area contributed by atoms with Gasteiger partial charge in [0.25, 0.3) is 11.6 Å². The molecule has 1 fully saturated rings. The lowest BCUT2D eigenvalue weighted by Crippen LogP contribution is -2.31. The van der Waals surface area contributed by atoms with Gasteiger partial charge in [-0.15, -0.1) is 0 Å². The summed E-state index contributed by atoms with van der Waals surface area (Å²) in [4.78, 5) is 38.0. The van der Waals surface area contributed by atoms with Crippen LogP contribution in [0.2, 0.25) is 0 Å². The molecule has 1 atom stereocenters. The van der Waals surface area contributed by atoms with Crippen LogP contribution in [0.4, 0.5) is 17.1 Å². The number of esters is 1. The Morgan fingerprint density at radius 2 is 1.84 bits per heavy atom. The highest BCUT2D eigenvalue weighted by Crippen LogP contribution is 2.34. The van der Waals surface area contributed by atoms with Crippen molar-refractivity contribution in [3.05, 3.63) is 52.1 Å². The topological polar surface area (TPSA) is 120 Å². The summed E-state index contributed by atoms with van der Waals surface area (Å²) in [7, 11) is 0. The van der Waals surface area contributed by atoms with E-state index in [4.69, 9.17) is 14.2 Å². The second-order valence-corrected chi connectivity index (χ2v) is 7.61. The molecule has 1 saturated heterocycles. The van der Waals surface area contributed by atoms with Gasteiger partial charge in [-0.1, -0.05) is 0 Å². The molecule has 1 unspecified atom stereocenters. The molecular weight excluding hydrogens is 418 g/mol. The number of ether oxygens (including phenoxy) is 3. The maximum atomic E-state index is 12.6. The van der Waals surface area contributed by atoms with Gasteiger partial charge in [-0.25, -0.2) is 4.79 Å². The Morgan fingerprint density at radius 3 is 2.59 bits per heavy atom. The van der Waals surface area contributed by atoms with Gasteiger partial charge in [-0.05, 0) is 50.5 Å². The molecule has 0 bridgehead atoms. The molecule has 2 aliphatic heterocycles. The van der Waals surface area contributed by atoms with Crippen molar-refractivity contribution in [2.24, 2.45) is 0 Å². The Labute approximate surface area is 184 Å². The number of hydrogen-bond donors (Lipinski definition) is 1. The highest BCUT2D eigenvalue weighted by atomic mass is 16.7. The number of piperidine rings is 1. The predicted octanol–water partition coefficient (Wildman–Crippen LogP) is 3.50. The molecule has 0 aliphatic carbocycles. The first kappa shape index (κ1) is 21.4. The van der Waals surface area contributed by atoms with Crippen molar-refractivity contribution in [3.63, 3.8) is 0 Å². The maximum Gasteiger partial charge on any atom is 0.339 e. The van der Waals surface area contributed by atoms with Crippen LogP contribution in [0.3, 0.4) is 0 Å². The van der Waals surface area contributed by atoms with Crippen molar-refractivity contribution in [3.8, 4) is 11.5 Å². The van der Waals surface area contributed by atoms with E-state index in [1.807, 2.05) is 4.90 Å². The van der Waals surface area contributed by atoms with Crippen LogP contribution in [0.5, 0.6) is 11.5 Å². The normalized spacial score (nSPS) is 15.7. The van der Waals surface area contributed by atoms with Crippen LogP contribution in [-0.2, 0) is 9.53 Å². The van der Waals surface area contributed by atoms with Crippen molar-refractivity contribution < 1.29 is 28.7 Å². The number of hydrogen-bond acceptors (Lipinski definition) is 8.